The summed E-state index contributed by atoms with van der Waals surface area (Å²) in [4.78, 5) is 15.4. The van der Waals surface area contributed by atoms with Crippen LogP contribution in [0.3, 0.4) is 0 Å². The van der Waals surface area contributed by atoms with Gasteiger partial charge in [0.2, 0.25) is 0 Å². The molecule has 1 aromatic rings. The van der Waals surface area contributed by atoms with Crippen molar-refractivity contribution >= 4 is 5.91 Å². The number of rotatable bonds is 6. The van der Waals surface area contributed by atoms with E-state index < -0.39 is 0 Å². The molecular formula is C12H17N3O2. The standard InChI is InChI=1S/C12H17N3O2/c16-11-6-9(7-13-8-11)12(17)15-5-1-4-14-10-2-3-10/h6-8,10,14,16H,1-5H2,(H,15,17). The third kappa shape index (κ3) is 4.03. The zero-order chi connectivity index (χ0) is 12.1. The van der Waals surface area contributed by atoms with Crippen molar-refractivity contribution in [2.24, 2.45) is 0 Å². The minimum atomic E-state index is -0.195. The van der Waals surface area contributed by atoms with Crippen LogP contribution in [0.1, 0.15) is 29.6 Å². The van der Waals surface area contributed by atoms with Gasteiger partial charge in [-0.2, -0.15) is 0 Å². The van der Waals surface area contributed by atoms with Crippen molar-refractivity contribution < 1.29 is 9.90 Å². The van der Waals surface area contributed by atoms with Crippen LogP contribution >= 0.6 is 0 Å². The lowest BCUT2D eigenvalue weighted by Gasteiger charge is -2.05. The first kappa shape index (κ1) is 11.9. The SMILES string of the molecule is O=C(NCCCNC1CC1)c1cncc(O)c1. The van der Waals surface area contributed by atoms with Gasteiger partial charge in [0.1, 0.15) is 5.75 Å². The molecule has 0 spiro atoms. The van der Waals surface area contributed by atoms with Gasteiger partial charge in [0.05, 0.1) is 11.8 Å². The van der Waals surface area contributed by atoms with Crippen LogP contribution in [0.5, 0.6) is 5.75 Å². The first-order chi connectivity index (χ1) is 8.25. The highest BCUT2D eigenvalue weighted by Gasteiger charge is 2.19. The zero-order valence-electron chi connectivity index (χ0n) is 9.65. The number of carbonyl (C=O) groups excluding carboxylic acids is 1. The summed E-state index contributed by atoms with van der Waals surface area (Å²) >= 11 is 0. The molecule has 0 aromatic carbocycles. The first-order valence-corrected chi connectivity index (χ1v) is 5.91. The molecule has 0 saturated heterocycles. The maximum absolute atomic E-state index is 11.6. The summed E-state index contributed by atoms with van der Waals surface area (Å²) in [6, 6.07) is 2.12. The van der Waals surface area contributed by atoms with E-state index in [1.165, 1.54) is 31.3 Å². The Balaban J connectivity index is 1.65. The summed E-state index contributed by atoms with van der Waals surface area (Å²) in [5, 5.41) is 15.4. The summed E-state index contributed by atoms with van der Waals surface area (Å²) in [5.74, 6) is -0.187. The van der Waals surface area contributed by atoms with Crippen molar-refractivity contribution in [2.75, 3.05) is 13.1 Å². The number of nitrogens with zero attached hydrogens (tertiary/aromatic N) is 1. The molecule has 2 rings (SSSR count). The highest BCUT2D eigenvalue weighted by atomic mass is 16.3. The number of aromatic hydroxyl groups is 1. The van der Waals surface area contributed by atoms with Gasteiger partial charge in [-0.1, -0.05) is 0 Å². The van der Waals surface area contributed by atoms with Crippen molar-refractivity contribution in [2.45, 2.75) is 25.3 Å². The summed E-state index contributed by atoms with van der Waals surface area (Å²) in [7, 11) is 0. The van der Waals surface area contributed by atoms with Gasteiger partial charge < -0.3 is 15.7 Å². The fourth-order valence-corrected chi connectivity index (χ4v) is 1.54. The van der Waals surface area contributed by atoms with Crippen molar-refractivity contribution in [3.05, 3.63) is 24.0 Å². The van der Waals surface area contributed by atoms with E-state index in [0.29, 0.717) is 18.2 Å². The molecule has 1 heterocycles. The van der Waals surface area contributed by atoms with Crippen LogP contribution in [0.15, 0.2) is 18.5 Å². The molecule has 1 aliphatic carbocycles. The first-order valence-electron chi connectivity index (χ1n) is 5.91. The molecule has 5 heteroatoms. The van der Waals surface area contributed by atoms with Crippen LogP contribution in [0.2, 0.25) is 0 Å². The van der Waals surface area contributed by atoms with E-state index in [1.54, 1.807) is 0 Å². The summed E-state index contributed by atoms with van der Waals surface area (Å²) in [5.41, 5.74) is 0.389. The van der Waals surface area contributed by atoms with E-state index in [0.717, 1.165) is 13.0 Å². The molecule has 0 bridgehead atoms. The van der Waals surface area contributed by atoms with Crippen molar-refractivity contribution in [3.63, 3.8) is 0 Å². The average Bonchev–Trinajstić information content (AvgIpc) is 3.12. The maximum Gasteiger partial charge on any atom is 0.252 e. The normalized spacial score (nSPS) is 14.6. The summed E-state index contributed by atoms with van der Waals surface area (Å²) in [6.45, 7) is 1.57. The predicted octanol–water partition coefficient (Wildman–Crippen LogP) is 0.659. The van der Waals surface area contributed by atoms with Crippen LogP contribution in [0.4, 0.5) is 0 Å². The molecular weight excluding hydrogens is 218 g/mol. The quantitative estimate of drug-likeness (QED) is 0.633. The van der Waals surface area contributed by atoms with Crippen LogP contribution in [0.25, 0.3) is 0 Å². The van der Waals surface area contributed by atoms with E-state index in [4.69, 9.17) is 0 Å². The Kier molecular flexibility index (Phi) is 3.93. The van der Waals surface area contributed by atoms with Gasteiger partial charge in [0.15, 0.2) is 0 Å². The molecule has 5 nitrogen and oxygen atoms in total. The van der Waals surface area contributed by atoms with Gasteiger partial charge >= 0.3 is 0 Å². The highest BCUT2D eigenvalue weighted by molar-refractivity contribution is 5.94. The van der Waals surface area contributed by atoms with E-state index in [1.807, 2.05) is 0 Å². The van der Waals surface area contributed by atoms with E-state index in [-0.39, 0.29) is 11.7 Å². The zero-order valence-corrected chi connectivity index (χ0v) is 9.65. The predicted molar refractivity (Wildman–Crippen MR) is 63.9 cm³/mol. The monoisotopic (exact) mass is 235 g/mol. The number of amides is 1. The molecule has 3 N–H and O–H groups in total. The molecule has 1 aromatic heterocycles. The lowest BCUT2D eigenvalue weighted by atomic mass is 10.2. The molecule has 0 unspecified atom stereocenters. The molecule has 0 radical (unpaired) electrons. The minimum Gasteiger partial charge on any atom is -0.506 e. The molecule has 0 aliphatic heterocycles. The molecule has 17 heavy (non-hydrogen) atoms. The van der Waals surface area contributed by atoms with Gasteiger partial charge in [-0.05, 0) is 31.9 Å². The fourth-order valence-electron chi connectivity index (χ4n) is 1.54. The van der Waals surface area contributed by atoms with Gasteiger partial charge in [-0.3, -0.25) is 9.78 Å². The third-order valence-electron chi connectivity index (χ3n) is 2.64. The Bertz CT molecular complexity index is 391. The second-order valence-electron chi connectivity index (χ2n) is 4.27. The number of nitrogens with one attached hydrogen (secondary N) is 2. The summed E-state index contributed by atoms with van der Waals surface area (Å²) < 4.78 is 0. The van der Waals surface area contributed by atoms with E-state index >= 15 is 0 Å². The van der Waals surface area contributed by atoms with Gasteiger partial charge in [-0.25, -0.2) is 0 Å². The second-order valence-corrected chi connectivity index (χ2v) is 4.27. The number of hydrogen-bond acceptors (Lipinski definition) is 4. The molecule has 92 valence electrons. The Morgan fingerprint density at radius 1 is 1.41 bits per heavy atom. The largest absolute Gasteiger partial charge is 0.506 e. The van der Waals surface area contributed by atoms with Crippen LogP contribution in [-0.4, -0.2) is 35.1 Å². The van der Waals surface area contributed by atoms with Crippen molar-refractivity contribution in [1.82, 2.24) is 15.6 Å². The Labute approximate surface area is 100 Å². The molecule has 1 saturated carbocycles. The summed E-state index contributed by atoms with van der Waals surface area (Å²) in [6.07, 6.45) is 6.21. The number of pyridine rings is 1. The maximum atomic E-state index is 11.6. The average molecular weight is 235 g/mol. The molecule has 1 amide bonds. The second kappa shape index (κ2) is 5.63. The number of carbonyl (C=O) groups is 1. The topological polar surface area (TPSA) is 74.2 Å². The van der Waals surface area contributed by atoms with Crippen LogP contribution < -0.4 is 10.6 Å². The third-order valence-corrected chi connectivity index (χ3v) is 2.64. The Hall–Kier alpha value is -1.62. The van der Waals surface area contributed by atoms with Gasteiger partial charge in [-0.15, -0.1) is 0 Å². The highest BCUT2D eigenvalue weighted by Crippen LogP contribution is 2.18. The Morgan fingerprint density at radius 3 is 2.94 bits per heavy atom. The van der Waals surface area contributed by atoms with Crippen LogP contribution in [0, 0.1) is 0 Å². The number of hydrogen-bond donors (Lipinski definition) is 3. The van der Waals surface area contributed by atoms with E-state index in [2.05, 4.69) is 15.6 Å². The molecule has 1 fully saturated rings. The molecule has 0 atom stereocenters. The lowest BCUT2D eigenvalue weighted by molar-refractivity contribution is 0.0952. The Morgan fingerprint density at radius 2 is 2.24 bits per heavy atom. The molecule has 1 aliphatic rings. The smallest absolute Gasteiger partial charge is 0.252 e. The van der Waals surface area contributed by atoms with Crippen molar-refractivity contribution in [1.29, 1.82) is 0 Å². The van der Waals surface area contributed by atoms with Crippen LogP contribution in [-0.2, 0) is 0 Å². The lowest BCUT2D eigenvalue weighted by Crippen LogP contribution is -2.28. The van der Waals surface area contributed by atoms with E-state index in [9.17, 15) is 9.90 Å². The number of aromatic nitrogens is 1. The fraction of sp³-hybridized carbons (Fsp3) is 0.500. The minimum absolute atomic E-state index is 0.00745. The van der Waals surface area contributed by atoms with Gasteiger partial charge in [0.25, 0.3) is 5.91 Å². The van der Waals surface area contributed by atoms with Crippen molar-refractivity contribution in [3.8, 4) is 5.75 Å². The van der Waals surface area contributed by atoms with Gasteiger partial charge in [0, 0.05) is 18.8 Å².